The van der Waals surface area contributed by atoms with Crippen molar-refractivity contribution >= 4 is 18.3 Å². The second-order valence-corrected chi connectivity index (χ2v) is 5.62. The van der Waals surface area contributed by atoms with E-state index in [9.17, 15) is 9.90 Å². The van der Waals surface area contributed by atoms with Crippen LogP contribution in [0.5, 0.6) is 5.75 Å². The van der Waals surface area contributed by atoms with E-state index in [0.717, 1.165) is 12.8 Å². The Morgan fingerprint density at radius 1 is 1.36 bits per heavy atom. The lowest BCUT2D eigenvalue weighted by atomic mass is 9.91. The number of carbonyl (C=O) groups is 1. The molecule has 0 spiro atoms. The summed E-state index contributed by atoms with van der Waals surface area (Å²) in [5.41, 5.74) is 6.83. The molecule has 5 nitrogen and oxygen atoms in total. The molecule has 0 radical (unpaired) electrons. The number of hydrogen-bond acceptors (Lipinski definition) is 4. The van der Waals surface area contributed by atoms with Crippen molar-refractivity contribution in [2.45, 2.75) is 31.9 Å². The molecule has 0 saturated carbocycles. The number of amides is 1. The summed E-state index contributed by atoms with van der Waals surface area (Å²) in [5.74, 6) is 0.831. The van der Waals surface area contributed by atoms with Gasteiger partial charge in [0.1, 0.15) is 11.8 Å². The second kappa shape index (κ2) is 8.36. The van der Waals surface area contributed by atoms with Crippen molar-refractivity contribution in [2.75, 3.05) is 20.2 Å². The number of nitrogens with two attached hydrogens (primary N) is 1. The summed E-state index contributed by atoms with van der Waals surface area (Å²) >= 11 is 0. The Hall–Kier alpha value is -1.30. The van der Waals surface area contributed by atoms with E-state index in [1.807, 2.05) is 31.2 Å². The molecule has 2 unspecified atom stereocenters. The van der Waals surface area contributed by atoms with Crippen LogP contribution >= 0.6 is 12.4 Å². The van der Waals surface area contributed by atoms with Crippen LogP contribution in [0.1, 0.15) is 31.4 Å². The number of hydrogen-bond donors (Lipinski definition) is 2. The van der Waals surface area contributed by atoms with Crippen molar-refractivity contribution in [1.29, 1.82) is 0 Å². The maximum atomic E-state index is 12.5. The number of nitrogens with zero attached hydrogens (tertiary/aromatic N) is 1. The van der Waals surface area contributed by atoms with E-state index in [-0.39, 0.29) is 30.3 Å². The number of benzene rings is 1. The SMILES string of the molecule is COc1ccccc1C(N)C(=O)N1CCC(C(C)O)CC1.Cl. The Kier molecular flexibility index (Phi) is 7.13. The molecule has 0 bridgehead atoms. The van der Waals surface area contributed by atoms with Gasteiger partial charge in [-0.25, -0.2) is 0 Å². The monoisotopic (exact) mass is 328 g/mol. The van der Waals surface area contributed by atoms with Crippen molar-refractivity contribution in [3.05, 3.63) is 29.8 Å². The largest absolute Gasteiger partial charge is 0.496 e. The summed E-state index contributed by atoms with van der Waals surface area (Å²) in [5, 5.41) is 9.61. The van der Waals surface area contributed by atoms with Crippen molar-refractivity contribution in [2.24, 2.45) is 11.7 Å². The lowest BCUT2D eigenvalue weighted by Gasteiger charge is -2.34. The minimum Gasteiger partial charge on any atom is -0.496 e. The van der Waals surface area contributed by atoms with Gasteiger partial charge >= 0.3 is 0 Å². The zero-order valence-corrected chi connectivity index (χ0v) is 13.9. The van der Waals surface area contributed by atoms with Gasteiger partial charge in [0.25, 0.3) is 0 Å². The molecular formula is C16H25ClN2O3. The topological polar surface area (TPSA) is 75.8 Å². The first-order chi connectivity index (χ1) is 10.0. The van der Waals surface area contributed by atoms with Gasteiger partial charge in [-0.1, -0.05) is 18.2 Å². The zero-order valence-electron chi connectivity index (χ0n) is 13.1. The minimum atomic E-state index is -0.704. The summed E-state index contributed by atoms with van der Waals surface area (Å²) in [6.07, 6.45) is 1.33. The van der Waals surface area contributed by atoms with Crippen molar-refractivity contribution in [3.8, 4) is 5.75 Å². The molecular weight excluding hydrogens is 304 g/mol. The zero-order chi connectivity index (χ0) is 15.4. The Balaban J connectivity index is 0.00000242. The molecule has 1 aromatic carbocycles. The molecule has 6 heteroatoms. The third kappa shape index (κ3) is 4.12. The average molecular weight is 329 g/mol. The van der Waals surface area contributed by atoms with Crippen molar-refractivity contribution < 1.29 is 14.6 Å². The van der Waals surface area contributed by atoms with E-state index in [4.69, 9.17) is 10.5 Å². The van der Waals surface area contributed by atoms with E-state index >= 15 is 0 Å². The van der Waals surface area contributed by atoms with Crippen LogP contribution in [0.15, 0.2) is 24.3 Å². The molecule has 1 fully saturated rings. The number of aliphatic hydroxyl groups is 1. The molecule has 0 aliphatic carbocycles. The number of piperidine rings is 1. The molecule has 1 saturated heterocycles. The number of methoxy groups -OCH3 is 1. The molecule has 1 aromatic rings. The summed E-state index contributed by atoms with van der Waals surface area (Å²) in [6, 6.07) is 6.63. The molecule has 3 N–H and O–H groups in total. The number of aliphatic hydroxyl groups excluding tert-OH is 1. The van der Waals surface area contributed by atoms with Crippen LogP contribution in [0.4, 0.5) is 0 Å². The molecule has 0 aromatic heterocycles. The van der Waals surface area contributed by atoms with E-state index in [1.165, 1.54) is 0 Å². The molecule has 124 valence electrons. The maximum Gasteiger partial charge on any atom is 0.244 e. The fraction of sp³-hybridized carbons (Fsp3) is 0.562. The van der Waals surface area contributed by atoms with Crippen LogP contribution in [-0.2, 0) is 4.79 Å². The Morgan fingerprint density at radius 2 is 1.95 bits per heavy atom. The van der Waals surface area contributed by atoms with Gasteiger partial charge in [-0.15, -0.1) is 12.4 Å². The average Bonchev–Trinajstić information content (AvgIpc) is 2.53. The molecule has 2 rings (SSSR count). The first-order valence-corrected chi connectivity index (χ1v) is 7.40. The van der Waals surface area contributed by atoms with Gasteiger partial charge in [0.2, 0.25) is 5.91 Å². The number of halogens is 1. The Labute approximate surface area is 137 Å². The number of para-hydroxylation sites is 1. The minimum absolute atomic E-state index is 0. The highest BCUT2D eigenvalue weighted by Crippen LogP contribution is 2.27. The number of carbonyl (C=O) groups excluding carboxylic acids is 1. The third-order valence-corrected chi connectivity index (χ3v) is 4.27. The van der Waals surface area contributed by atoms with Crippen molar-refractivity contribution in [3.63, 3.8) is 0 Å². The van der Waals surface area contributed by atoms with E-state index in [2.05, 4.69) is 0 Å². The predicted octanol–water partition coefficient (Wildman–Crippen LogP) is 1.74. The van der Waals surface area contributed by atoms with E-state index < -0.39 is 6.04 Å². The highest BCUT2D eigenvalue weighted by molar-refractivity contribution is 5.85. The first-order valence-electron chi connectivity index (χ1n) is 7.40. The lowest BCUT2D eigenvalue weighted by Crippen LogP contribution is -2.44. The lowest BCUT2D eigenvalue weighted by molar-refractivity contribution is -0.134. The van der Waals surface area contributed by atoms with Crippen LogP contribution in [0.3, 0.4) is 0 Å². The van der Waals surface area contributed by atoms with Gasteiger partial charge in [-0.05, 0) is 31.7 Å². The first kappa shape index (κ1) is 18.7. The Morgan fingerprint density at radius 3 is 2.50 bits per heavy atom. The highest BCUT2D eigenvalue weighted by Gasteiger charge is 2.29. The molecule has 1 aliphatic heterocycles. The van der Waals surface area contributed by atoms with Gasteiger partial charge in [-0.2, -0.15) is 0 Å². The van der Waals surface area contributed by atoms with Gasteiger partial charge in [0, 0.05) is 18.7 Å². The molecule has 1 amide bonds. The van der Waals surface area contributed by atoms with E-state index in [0.29, 0.717) is 24.4 Å². The maximum absolute atomic E-state index is 12.5. The predicted molar refractivity (Wildman–Crippen MR) is 88.2 cm³/mol. The normalized spacial score (nSPS) is 18.3. The van der Waals surface area contributed by atoms with Gasteiger partial charge < -0.3 is 20.5 Å². The Bertz CT molecular complexity index is 488. The van der Waals surface area contributed by atoms with Gasteiger partial charge in [0.05, 0.1) is 13.2 Å². The standard InChI is InChI=1S/C16H24N2O3.ClH/c1-11(19)12-7-9-18(10-8-12)16(20)15(17)13-5-3-4-6-14(13)21-2;/h3-6,11-12,15,19H,7-10,17H2,1-2H3;1H. The smallest absolute Gasteiger partial charge is 0.244 e. The van der Waals surface area contributed by atoms with Crippen LogP contribution in [0.2, 0.25) is 0 Å². The molecule has 1 heterocycles. The van der Waals surface area contributed by atoms with Crippen LogP contribution in [0.25, 0.3) is 0 Å². The highest BCUT2D eigenvalue weighted by atomic mass is 35.5. The summed E-state index contributed by atoms with van der Waals surface area (Å²) in [6.45, 7) is 3.11. The van der Waals surface area contributed by atoms with Gasteiger partial charge in [-0.3, -0.25) is 4.79 Å². The third-order valence-electron chi connectivity index (χ3n) is 4.27. The summed E-state index contributed by atoms with van der Waals surface area (Å²) in [4.78, 5) is 14.3. The fourth-order valence-electron chi connectivity index (χ4n) is 2.86. The van der Waals surface area contributed by atoms with Crippen molar-refractivity contribution in [1.82, 2.24) is 4.90 Å². The van der Waals surface area contributed by atoms with E-state index in [1.54, 1.807) is 12.0 Å². The molecule has 1 aliphatic rings. The number of likely N-dealkylation sites (tertiary alicyclic amines) is 1. The van der Waals surface area contributed by atoms with Gasteiger partial charge in [0.15, 0.2) is 0 Å². The molecule has 2 atom stereocenters. The van der Waals surface area contributed by atoms with Crippen LogP contribution < -0.4 is 10.5 Å². The number of ether oxygens (including phenoxy) is 1. The fourth-order valence-corrected chi connectivity index (χ4v) is 2.86. The molecule has 22 heavy (non-hydrogen) atoms. The summed E-state index contributed by atoms with van der Waals surface area (Å²) in [7, 11) is 1.57. The summed E-state index contributed by atoms with van der Waals surface area (Å²) < 4.78 is 5.27. The van der Waals surface area contributed by atoms with Crippen LogP contribution in [-0.4, -0.2) is 42.2 Å². The number of rotatable bonds is 4. The second-order valence-electron chi connectivity index (χ2n) is 5.62. The quantitative estimate of drug-likeness (QED) is 0.882. The van der Waals surface area contributed by atoms with Crippen LogP contribution in [0, 0.1) is 5.92 Å².